The Kier molecular flexibility index (Phi) is 3.18. The number of Topliss-reactive ketones (excluding diaryl/α,β-unsaturated/α-hetero) is 2. The molecule has 0 saturated heterocycles. The van der Waals surface area contributed by atoms with Crippen LogP contribution in [0.3, 0.4) is 0 Å². The first kappa shape index (κ1) is 15.7. The van der Waals surface area contributed by atoms with Crippen LogP contribution in [0.5, 0.6) is 0 Å². The Bertz CT molecular complexity index is 575. The first-order valence-electron chi connectivity index (χ1n) is 9.17. The topological polar surface area (TPSA) is 54.4 Å². The molecule has 23 heavy (non-hydrogen) atoms. The minimum Gasteiger partial charge on any atom is -0.382 e. The third-order valence-corrected chi connectivity index (χ3v) is 8.38. The van der Waals surface area contributed by atoms with Crippen LogP contribution in [0.25, 0.3) is 0 Å². The number of ketones is 2. The highest BCUT2D eigenvalue weighted by atomic mass is 19.1. The van der Waals surface area contributed by atoms with Crippen LogP contribution in [0, 0.1) is 28.6 Å². The van der Waals surface area contributed by atoms with E-state index in [1.807, 2.05) is 6.92 Å². The third kappa shape index (κ3) is 1.74. The van der Waals surface area contributed by atoms with Gasteiger partial charge in [-0.25, -0.2) is 4.39 Å². The summed E-state index contributed by atoms with van der Waals surface area (Å²) in [6, 6.07) is 0. The van der Waals surface area contributed by atoms with Crippen LogP contribution >= 0.6 is 0 Å². The highest BCUT2D eigenvalue weighted by molar-refractivity contribution is 5.87. The van der Waals surface area contributed by atoms with Crippen molar-refractivity contribution in [1.82, 2.24) is 0 Å². The first-order chi connectivity index (χ1) is 10.7. The van der Waals surface area contributed by atoms with Gasteiger partial charge >= 0.3 is 0 Å². The molecule has 0 aromatic heterocycles. The SMILES string of the molecule is C[C@]12CC[C@H]3[C@@H](CC[C@]4(F)[C@@H](O)C(=O)CC[C@]34C)[C@@H]1CCC2=O. The van der Waals surface area contributed by atoms with Gasteiger partial charge in [0.1, 0.15) is 17.6 Å². The Balaban J connectivity index is 1.72. The Morgan fingerprint density at radius 1 is 1.00 bits per heavy atom. The van der Waals surface area contributed by atoms with Gasteiger partial charge in [-0.15, -0.1) is 0 Å². The van der Waals surface area contributed by atoms with Crippen LogP contribution in [0.15, 0.2) is 0 Å². The van der Waals surface area contributed by atoms with E-state index >= 15 is 4.39 Å². The fourth-order valence-corrected chi connectivity index (χ4v) is 6.84. The maximum atomic E-state index is 15.8. The second kappa shape index (κ2) is 4.65. The van der Waals surface area contributed by atoms with Crippen molar-refractivity contribution in [2.45, 2.75) is 77.0 Å². The number of alkyl halides is 1. The second-order valence-electron chi connectivity index (χ2n) is 8.98. The number of aliphatic hydroxyl groups is 1. The van der Waals surface area contributed by atoms with E-state index in [-0.39, 0.29) is 30.0 Å². The minimum atomic E-state index is -1.78. The third-order valence-electron chi connectivity index (χ3n) is 8.38. The van der Waals surface area contributed by atoms with E-state index in [1.165, 1.54) is 0 Å². The molecule has 0 unspecified atom stereocenters. The number of hydrogen-bond donors (Lipinski definition) is 1. The van der Waals surface area contributed by atoms with Crippen molar-refractivity contribution >= 4 is 11.6 Å². The molecule has 0 amide bonds. The summed E-state index contributed by atoms with van der Waals surface area (Å²) < 4.78 is 15.8. The van der Waals surface area contributed by atoms with Gasteiger partial charge in [0.05, 0.1) is 0 Å². The van der Waals surface area contributed by atoms with Crippen LogP contribution in [0.2, 0.25) is 0 Å². The molecule has 0 aromatic rings. The quantitative estimate of drug-likeness (QED) is 0.745. The molecule has 0 bridgehead atoms. The standard InChI is InChI=1S/C19H27FO3/c1-17-8-6-13-11(12(17)3-4-15(17)22)5-10-19(20)16(23)14(21)7-9-18(13,19)2/h11-13,16,23H,3-10H2,1-2H3/t11-,12-,13-,16-,17-,18+,19-/m0/s1. The van der Waals surface area contributed by atoms with E-state index < -0.39 is 17.2 Å². The van der Waals surface area contributed by atoms with Crippen LogP contribution < -0.4 is 0 Å². The minimum absolute atomic E-state index is 0.188. The lowest BCUT2D eigenvalue weighted by Crippen LogP contribution is -2.66. The molecule has 0 aliphatic heterocycles. The molecule has 128 valence electrons. The van der Waals surface area contributed by atoms with Crippen molar-refractivity contribution in [2.75, 3.05) is 0 Å². The fourth-order valence-electron chi connectivity index (χ4n) is 6.84. The summed E-state index contributed by atoms with van der Waals surface area (Å²) in [5, 5.41) is 10.3. The highest BCUT2D eigenvalue weighted by Crippen LogP contribution is 2.67. The molecule has 3 nitrogen and oxygen atoms in total. The van der Waals surface area contributed by atoms with Crippen molar-refractivity contribution in [3.63, 3.8) is 0 Å². The first-order valence-corrected chi connectivity index (χ1v) is 9.17. The second-order valence-corrected chi connectivity index (χ2v) is 8.98. The van der Waals surface area contributed by atoms with Gasteiger partial charge in [-0.2, -0.15) is 0 Å². The van der Waals surface area contributed by atoms with Crippen molar-refractivity contribution in [3.8, 4) is 0 Å². The molecule has 4 aliphatic rings. The molecule has 7 atom stereocenters. The number of hydrogen-bond acceptors (Lipinski definition) is 3. The number of halogens is 1. The lowest BCUT2D eigenvalue weighted by Gasteiger charge is -2.62. The van der Waals surface area contributed by atoms with Gasteiger partial charge in [0.15, 0.2) is 5.78 Å². The van der Waals surface area contributed by atoms with Crippen LogP contribution in [0.4, 0.5) is 4.39 Å². The summed E-state index contributed by atoms with van der Waals surface area (Å²) >= 11 is 0. The molecule has 0 radical (unpaired) electrons. The normalized spacial score (nSPS) is 56.0. The molecular formula is C19H27FO3. The Hall–Kier alpha value is -0.770. The van der Waals surface area contributed by atoms with E-state index in [0.29, 0.717) is 36.9 Å². The lowest BCUT2D eigenvalue weighted by atomic mass is 9.44. The molecule has 4 heteroatoms. The predicted molar refractivity (Wildman–Crippen MR) is 83.5 cm³/mol. The molecular weight excluding hydrogens is 295 g/mol. The smallest absolute Gasteiger partial charge is 0.164 e. The van der Waals surface area contributed by atoms with Gasteiger partial charge < -0.3 is 5.11 Å². The Morgan fingerprint density at radius 2 is 1.74 bits per heavy atom. The van der Waals surface area contributed by atoms with Gasteiger partial charge in [0.2, 0.25) is 0 Å². The Morgan fingerprint density at radius 3 is 2.48 bits per heavy atom. The molecule has 0 spiro atoms. The van der Waals surface area contributed by atoms with Crippen LogP contribution in [0.1, 0.15) is 65.2 Å². The monoisotopic (exact) mass is 322 g/mol. The summed E-state index contributed by atoms with van der Waals surface area (Å²) in [7, 11) is 0. The zero-order valence-corrected chi connectivity index (χ0v) is 14.1. The summed E-state index contributed by atoms with van der Waals surface area (Å²) in [5.41, 5.74) is -2.62. The van der Waals surface area contributed by atoms with Gasteiger partial charge in [-0.3, -0.25) is 9.59 Å². The molecule has 0 heterocycles. The number of carbonyl (C=O) groups excluding carboxylic acids is 2. The fraction of sp³-hybridized carbons (Fsp3) is 0.895. The van der Waals surface area contributed by atoms with E-state index in [9.17, 15) is 14.7 Å². The maximum Gasteiger partial charge on any atom is 0.164 e. The largest absolute Gasteiger partial charge is 0.382 e. The molecule has 4 saturated carbocycles. The predicted octanol–water partition coefficient (Wildman–Crippen LogP) is 3.23. The lowest BCUT2D eigenvalue weighted by molar-refractivity contribution is -0.206. The van der Waals surface area contributed by atoms with Crippen LogP contribution in [-0.4, -0.2) is 28.4 Å². The van der Waals surface area contributed by atoms with Gasteiger partial charge in [0.25, 0.3) is 0 Å². The van der Waals surface area contributed by atoms with E-state index in [1.54, 1.807) is 0 Å². The van der Waals surface area contributed by atoms with Crippen molar-refractivity contribution < 1.29 is 19.1 Å². The van der Waals surface area contributed by atoms with E-state index in [0.717, 1.165) is 19.3 Å². The number of fused-ring (bicyclic) bond motifs is 5. The molecule has 1 N–H and O–H groups in total. The maximum absolute atomic E-state index is 15.8. The summed E-state index contributed by atoms with van der Waals surface area (Å²) in [6.45, 7) is 4.07. The molecule has 4 rings (SSSR count). The van der Waals surface area contributed by atoms with Gasteiger partial charge in [-0.1, -0.05) is 13.8 Å². The number of rotatable bonds is 0. The number of carbonyl (C=O) groups is 2. The Labute approximate surface area is 137 Å². The molecule has 0 aromatic carbocycles. The zero-order chi connectivity index (χ0) is 16.6. The highest BCUT2D eigenvalue weighted by Gasteiger charge is 2.68. The van der Waals surface area contributed by atoms with Gasteiger partial charge in [0, 0.05) is 23.7 Å². The van der Waals surface area contributed by atoms with Crippen molar-refractivity contribution in [3.05, 3.63) is 0 Å². The average molecular weight is 322 g/mol. The summed E-state index contributed by atoms with van der Waals surface area (Å²) in [5.74, 6) is 0.981. The van der Waals surface area contributed by atoms with Crippen molar-refractivity contribution in [1.29, 1.82) is 0 Å². The number of aliphatic hydroxyl groups excluding tert-OH is 1. The van der Waals surface area contributed by atoms with E-state index in [2.05, 4.69) is 6.92 Å². The molecule has 4 fully saturated rings. The molecule has 4 aliphatic carbocycles. The van der Waals surface area contributed by atoms with E-state index in [4.69, 9.17) is 0 Å². The average Bonchev–Trinajstić information content (AvgIpc) is 2.82. The summed E-state index contributed by atoms with van der Waals surface area (Å²) in [6.07, 6.45) is 3.63. The summed E-state index contributed by atoms with van der Waals surface area (Å²) in [4.78, 5) is 24.3. The van der Waals surface area contributed by atoms with Gasteiger partial charge in [-0.05, 0) is 56.3 Å². The van der Waals surface area contributed by atoms with Crippen molar-refractivity contribution in [2.24, 2.45) is 28.6 Å². The van der Waals surface area contributed by atoms with Crippen LogP contribution in [-0.2, 0) is 9.59 Å². The zero-order valence-electron chi connectivity index (χ0n) is 14.1.